The lowest BCUT2D eigenvalue weighted by atomic mass is 9.83. The Labute approximate surface area is 164 Å². The lowest BCUT2D eigenvalue weighted by Crippen LogP contribution is -2.46. The van der Waals surface area contributed by atoms with Gasteiger partial charge < -0.3 is 25.0 Å². The summed E-state index contributed by atoms with van der Waals surface area (Å²) in [7, 11) is 3.51. The number of hydrogen-bond donors (Lipinski definition) is 2. The molecule has 2 fully saturated rings. The van der Waals surface area contributed by atoms with Gasteiger partial charge in [0.25, 0.3) is 0 Å². The van der Waals surface area contributed by atoms with Crippen LogP contribution in [-0.4, -0.2) is 76.4 Å². The largest absolute Gasteiger partial charge is 0.382 e. The molecule has 2 N–H and O–H groups in total. The van der Waals surface area contributed by atoms with Crippen LogP contribution in [0.1, 0.15) is 51.9 Å². The van der Waals surface area contributed by atoms with Gasteiger partial charge in [-0.15, -0.1) is 0 Å². The van der Waals surface area contributed by atoms with Gasteiger partial charge in [0, 0.05) is 47.0 Å². The summed E-state index contributed by atoms with van der Waals surface area (Å²) in [5.74, 6) is 0.712. The summed E-state index contributed by atoms with van der Waals surface area (Å²) in [5.41, 5.74) is 0.271. The van der Waals surface area contributed by atoms with E-state index in [1.54, 1.807) is 19.0 Å². The first-order valence-corrected chi connectivity index (χ1v) is 10.5. The van der Waals surface area contributed by atoms with E-state index in [1.807, 2.05) is 6.92 Å². The molecular weight excluding hydrogens is 344 g/mol. The molecule has 0 aromatic carbocycles. The summed E-state index contributed by atoms with van der Waals surface area (Å²) < 4.78 is 11.3. The monoisotopic (exact) mass is 382 g/mol. The van der Waals surface area contributed by atoms with Gasteiger partial charge in [-0.05, 0) is 44.4 Å². The summed E-state index contributed by atoms with van der Waals surface area (Å²) in [5, 5.41) is 6.88. The van der Waals surface area contributed by atoms with E-state index in [4.69, 9.17) is 9.47 Å². The quantitative estimate of drug-likeness (QED) is 0.342. The third-order valence-electron chi connectivity index (χ3n) is 5.67. The minimum atomic E-state index is 0.000131. The first-order chi connectivity index (χ1) is 13.0. The molecule has 7 heteroatoms. The third kappa shape index (κ3) is 7.66. The molecule has 0 bridgehead atoms. The average molecular weight is 383 g/mol. The molecule has 156 valence electrons. The van der Waals surface area contributed by atoms with Crippen LogP contribution >= 0.6 is 0 Å². The number of hydrogen-bond acceptors (Lipinski definition) is 4. The molecule has 27 heavy (non-hydrogen) atoms. The molecule has 0 aromatic rings. The van der Waals surface area contributed by atoms with Crippen molar-refractivity contribution in [3.05, 3.63) is 0 Å². The summed E-state index contributed by atoms with van der Waals surface area (Å²) in [4.78, 5) is 18.0. The van der Waals surface area contributed by atoms with Gasteiger partial charge in [-0.2, -0.15) is 0 Å². The predicted molar refractivity (Wildman–Crippen MR) is 108 cm³/mol. The number of nitrogens with zero attached hydrogens (tertiary/aromatic N) is 2. The number of amides is 1. The highest BCUT2D eigenvalue weighted by Gasteiger charge is 2.33. The van der Waals surface area contributed by atoms with Crippen LogP contribution in [0.4, 0.5) is 0 Å². The maximum Gasteiger partial charge on any atom is 0.243 e. The molecule has 1 amide bonds. The molecule has 0 spiro atoms. The summed E-state index contributed by atoms with van der Waals surface area (Å²) in [6.07, 6.45) is 8.52. The lowest BCUT2D eigenvalue weighted by molar-refractivity contribution is -0.127. The number of guanidine groups is 1. The van der Waals surface area contributed by atoms with Crippen molar-refractivity contribution in [1.29, 1.82) is 0 Å². The van der Waals surface area contributed by atoms with E-state index in [-0.39, 0.29) is 24.0 Å². The number of ether oxygens (including phenoxy) is 2. The molecule has 1 unspecified atom stereocenters. The fourth-order valence-corrected chi connectivity index (χ4v) is 3.82. The van der Waals surface area contributed by atoms with Crippen LogP contribution in [0, 0.1) is 5.41 Å². The Balaban J connectivity index is 1.91. The number of carbonyl (C=O) groups is 1. The fourth-order valence-electron chi connectivity index (χ4n) is 3.82. The Bertz CT molecular complexity index is 470. The third-order valence-corrected chi connectivity index (χ3v) is 5.67. The summed E-state index contributed by atoms with van der Waals surface area (Å²) >= 11 is 0. The van der Waals surface area contributed by atoms with E-state index < -0.39 is 0 Å². The van der Waals surface area contributed by atoms with E-state index in [2.05, 4.69) is 15.6 Å². The summed E-state index contributed by atoms with van der Waals surface area (Å²) in [6, 6.07) is 0. The molecule has 2 rings (SSSR count). The van der Waals surface area contributed by atoms with Crippen molar-refractivity contribution in [3.8, 4) is 0 Å². The van der Waals surface area contributed by atoms with Gasteiger partial charge in [0.05, 0.1) is 6.10 Å². The SMILES string of the molecule is CCOCCC1(CNC(=NCC(=O)N(C)C)NCC2CCCO2)CCCC1. The molecule has 0 aromatic heterocycles. The van der Waals surface area contributed by atoms with Gasteiger partial charge in [-0.25, -0.2) is 4.99 Å². The number of carbonyl (C=O) groups excluding carboxylic acids is 1. The minimum absolute atomic E-state index is 0.000131. The van der Waals surface area contributed by atoms with E-state index in [9.17, 15) is 4.79 Å². The molecule has 1 saturated carbocycles. The maximum atomic E-state index is 11.9. The van der Waals surface area contributed by atoms with Crippen LogP contribution in [-0.2, 0) is 14.3 Å². The van der Waals surface area contributed by atoms with Crippen molar-refractivity contribution in [2.24, 2.45) is 10.4 Å². The van der Waals surface area contributed by atoms with Crippen molar-refractivity contribution < 1.29 is 14.3 Å². The van der Waals surface area contributed by atoms with Crippen LogP contribution in [0.25, 0.3) is 0 Å². The highest BCUT2D eigenvalue weighted by molar-refractivity contribution is 5.84. The Morgan fingerprint density at radius 3 is 2.67 bits per heavy atom. The van der Waals surface area contributed by atoms with Crippen molar-refractivity contribution in [3.63, 3.8) is 0 Å². The first-order valence-electron chi connectivity index (χ1n) is 10.5. The molecule has 1 aliphatic carbocycles. The minimum Gasteiger partial charge on any atom is -0.382 e. The Morgan fingerprint density at radius 1 is 1.26 bits per heavy atom. The van der Waals surface area contributed by atoms with Crippen molar-refractivity contribution in [2.75, 3.05) is 53.6 Å². The highest BCUT2D eigenvalue weighted by atomic mass is 16.5. The maximum absolute atomic E-state index is 11.9. The van der Waals surface area contributed by atoms with Crippen LogP contribution in [0.15, 0.2) is 4.99 Å². The molecule has 1 aliphatic heterocycles. The Kier molecular flexibility index (Phi) is 9.34. The van der Waals surface area contributed by atoms with E-state index in [0.29, 0.717) is 5.96 Å². The number of aliphatic imine (C=N–C) groups is 1. The standard InChI is InChI=1S/C20H38N4O3/c1-4-26-13-11-20(9-5-6-10-20)16-23-19(22-15-18(25)24(2)3)21-14-17-8-7-12-27-17/h17H,4-16H2,1-3H3,(H2,21,22,23). The molecular formula is C20H38N4O3. The second kappa shape index (κ2) is 11.5. The van der Waals surface area contributed by atoms with Gasteiger partial charge in [-0.1, -0.05) is 12.8 Å². The van der Waals surface area contributed by atoms with Gasteiger partial charge in [0.2, 0.25) is 5.91 Å². The van der Waals surface area contributed by atoms with Crippen LogP contribution in [0.5, 0.6) is 0 Å². The zero-order valence-corrected chi connectivity index (χ0v) is 17.4. The summed E-state index contributed by atoms with van der Waals surface area (Å²) in [6.45, 7) is 6.22. The smallest absolute Gasteiger partial charge is 0.243 e. The van der Waals surface area contributed by atoms with Crippen molar-refractivity contribution in [2.45, 2.75) is 58.0 Å². The van der Waals surface area contributed by atoms with Crippen molar-refractivity contribution >= 4 is 11.9 Å². The highest BCUT2D eigenvalue weighted by Crippen LogP contribution is 2.40. The molecule has 7 nitrogen and oxygen atoms in total. The van der Waals surface area contributed by atoms with Gasteiger partial charge >= 0.3 is 0 Å². The van der Waals surface area contributed by atoms with Gasteiger partial charge in [0.1, 0.15) is 6.54 Å². The zero-order chi connectivity index (χ0) is 19.5. The van der Waals surface area contributed by atoms with Crippen molar-refractivity contribution in [1.82, 2.24) is 15.5 Å². The van der Waals surface area contributed by atoms with Crippen LogP contribution in [0.3, 0.4) is 0 Å². The normalized spacial score (nSPS) is 22.0. The van der Waals surface area contributed by atoms with Gasteiger partial charge in [-0.3, -0.25) is 4.79 Å². The number of likely N-dealkylation sites (N-methyl/N-ethyl adjacent to an activating group) is 1. The molecule has 1 atom stereocenters. The number of nitrogens with one attached hydrogen (secondary N) is 2. The molecule has 2 aliphatic rings. The number of rotatable bonds is 10. The predicted octanol–water partition coefficient (Wildman–Crippen LogP) is 1.78. The lowest BCUT2D eigenvalue weighted by Gasteiger charge is -2.30. The Morgan fingerprint density at radius 2 is 2.04 bits per heavy atom. The second-order valence-electron chi connectivity index (χ2n) is 7.98. The molecule has 1 heterocycles. The second-order valence-corrected chi connectivity index (χ2v) is 7.98. The van der Waals surface area contributed by atoms with E-state index in [0.717, 1.165) is 52.2 Å². The zero-order valence-electron chi connectivity index (χ0n) is 17.4. The van der Waals surface area contributed by atoms with Crippen LogP contribution < -0.4 is 10.6 Å². The molecule has 1 saturated heterocycles. The topological polar surface area (TPSA) is 75.2 Å². The van der Waals surface area contributed by atoms with Crippen LogP contribution in [0.2, 0.25) is 0 Å². The Hall–Kier alpha value is -1.34. The van der Waals surface area contributed by atoms with E-state index in [1.165, 1.54) is 25.7 Å². The molecule has 0 radical (unpaired) electrons. The van der Waals surface area contributed by atoms with Gasteiger partial charge in [0.15, 0.2) is 5.96 Å². The van der Waals surface area contributed by atoms with E-state index >= 15 is 0 Å². The fraction of sp³-hybridized carbons (Fsp3) is 0.900. The first kappa shape index (κ1) is 22.0. The average Bonchev–Trinajstić information content (AvgIpc) is 3.33.